The van der Waals surface area contributed by atoms with E-state index < -0.39 is 0 Å². The number of hydrogen-bond acceptors (Lipinski definition) is 1. The summed E-state index contributed by atoms with van der Waals surface area (Å²) in [5, 5.41) is 4.26. The van der Waals surface area contributed by atoms with Gasteiger partial charge in [0.05, 0.1) is 5.69 Å². The normalized spacial score (nSPS) is 10.0. The predicted octanol–water partition coefficient (Wildman–Crippen LogP) is 1.47. The Balaban J connectivity index is 2.74. The van der Waals surface area contributed by atoms with Crippen molar-refractivity contribution in [3.63, 3.8) is 0 Å². The lowest BCUT2D eigenvalue weighted by Gasteiger charge is -1.90. The summed E-state index contributed by atoms with van der Waals surface area (Å²) < 4.78 is 1.94. The molecule has 1 rings (SSSR count). The van der Waals surface area contributed by atoms with E-state index in [2.05, 4.69) is 25.0 Å². The molecular formula is C7H12N2. The van der Waals surface area contributed by atoms with E-state index in [1.54, 1.807) is 0 Å². The Morgan fingerprint density at radius 1 is 1.56 bits per heavy atom. The van der Waals surface area contributed by atoms with Crippen molar-refractivity contribution < 1.29 is 0 Å². The van der Waals surface area contributed by atoms with Crippen LogP contribution >= 0.6 is 0 Å². The maximum absolute atomic E-state index is 4.26. The van der Waals surface area contributed by atoms with E-state index in [0.29, 0.717) is 0 Å². The molecule has 2 heteroatoms. The van der Waals surface area contributed by atoms with Crippen molar-refractivity contribution in [2.75, 3.05) is 0 Å². The van der Waals surface area contributed by atoms with Gasteiger partial charge in [0.2, 0.25) is 0 Å². The Bertz CT molecular complexity index is 160. The van der Waals surface area contributed by atoms with Crippen molar-refractivity contribution in [1.29, 1.82) is 0 Å². The first-order chi connectivity index (χ1) is 4.36. The van der Waals surface area contributed by atoms with Gasteiger partial charge in [0.15, 0.2) is 0 Å². The quantitative estimate of drug-likeness (QED) is 0.583. The lowest BCUT2D eigenvalue weighted by molar-refractivity contribution is 0.648. The van der Waals surface area contributed by atoms with E-state index in [9.17, 15) is 0 Å². The Kier molecular flexibility index (Phi) is 1.88. The summed E-state index contributed by atoms with van der Waals surface area (Å²) in [6.07, 6.45) is 3.05. The highest BCUT2D eigenvalue weighted by Gasteiger charge is 1.91. The van der Waals surface area contributed by atoms with E-state index in [-0.39, 0.29) is 0 Å². The minimum absolute atomic E-state index is 0.972. The van der Waals surface area contributed by atoms with Gasteiger partial charge < -0.3 is 0 Å². The average molecular weight is 124 g/mol. The first-order valence-corrected chi connectivity index (χ1v) is 3.39. The van der Waals surface area contributed by atoms with Crippen LogP contribution in [0.25, 0.3) is 0 Å². The molecule has 0 bridgehead atoms. The third kappa shape index (κ3) is 1.31. The van der Waals surface area contributed by atoms with Crippen LogP contribution in [0.4, 0.5) is 0 Å². The predicted molar refractivity (Wildman–Crippen MR) is 37.3 cm³/mol. The largest absolute Gasteiger partial charge is 0.273 e. The summed E-state index contributed by atoms with van der Waals surface area (Å²) in [6.45, 7) is 5.18. The third-order valence-corrected chi connectivity index (χ3v) is 1.38. The van der Waals surface area contributed by atoms with Gasteiger partial charge in [-0.15, -0.1) is 0 Å². The molecule has 0 spiro atoms. The fourth-order valence-electron chi connectivity index (χ4n) is 0.768. The second-order valence-corrected chi connectivity index (χ2v) is 2.02. The molecule has 0 aliphatic rings. The molecule has 1 aromatic rings. The van der Waals surface area contributed by atoms with Crippen LogP contribution < -0.4 is 0 Å². The second-order valence-electron chi connectivity index (χ2n) is 2.02. The van der Waals surface area contributed by atoms with Crippen molar-refractivity contribution in [3.8, 4) is 0 Å². The van der Waals surface area contributed by atoms with Crippen LogP contribution in [0.15, 0.2) is 12.3 Å². The molecule has 0 fully saturated rings. The number of hydrogen-bond donors (Lipinski definition) is 0. The molecule has 0 radical (unpaired) electrons. The molecule has 0 aliphatic heterocycles. The summed E-state index contributed by atoms with van der Waals surface area (Å²) in [5.41, 5.74) is 1.18. The van der Waals surface area contributed by atoms with Gasteiger partial charge in [0.25, 0.3) is 0 Å². The number of nitrogens with zero attached hydrogens (tertiary/aromatic N) is 2. The monoisotopic (exact) mass is 124 g/mol. The summed E-state index contributed by atoms with van der Waals surface area (Å²) in [7, 11) is 0. The van der Waals surface area contributed by atoms with Crippen LogP contribution in [-0.2, 0) is 13.0 Å². The fraction of sp³-hybridized carbons (Fsp3) is 0.571. The summed E-state index contributed by atoms with van der Waals surface area (Å²) in [5.74, 6) is 0. The van der Waals surface area contributed by atoms with Crippen molar-refractivity contribution in [2.45, 2.75) is 26.8 Å². The zero-order chi connectivity index (χ0) is 6.69. The topological polar surface area (TPSA) is 17.8 Å². The maximum Gasteiger partial charge on any atom is 0.0621 e. The van der Waals surface area contributed by atoms with Crippen LogP contribution in [-0.4, -0.2) is 9.78 Å². The molecule has 1 aromatic heterocycles. The molecule has 0 saturated carbocycles. The molecule has 2 nitrogen and oxygen atoms in total. The standard InChI is InChI=1S/C7H12N2/c1-3-7-5-6-9(4-2)8-7/h5-6H,3-4H2,1-2H3. The van der Waals surface area contributed by atoms with Crippen molar-refractivity contribution in [3.05, 3.63) is 18.0 Å². The van der Waals surface area contributed by atoms with Crippen molar-refractivity contribution in [2.24, 2.45) is 0 Å². The van der Waals surface area contributed by atoms with Crippen LogP contribution in [0, 0.1) is 0 Å². The SMILES string of the molecule is CCc1ccn(CC)n1. The molecule has 0 unspecified atom stereocenters. The van der Waals surface area contributed by atoms with Gasteiger partial charge in [0, 0.05) is 12.7 Å². The van der Waals surface area contributed by atoms with E-state index >= 15 is 0 Å². The first kappa shape index (κ1) is 6.33. The van der Waals surface area contributed by atoms with Gasteiger partial charge in [-0.1, -0.05) is 6.92 Å². The molecule has 1 heterocycles. The van der Waals surface area contributed by atoms with Gasteiger partial charge in [-0.2, -0.15) is 5.10 Å². The lowest BCUT2D eigenvalue weighted by atomic mass is 10.4. The van der Waals surface area contributed by atoms with E-state index in [1.165, 1.54) is 5.69 Å². The van der Waals surface area contributed by atoms with Crippen LogP contribution in [0.1, 0.15) is 19.5 Å². The zero-order valence-electron chi connectivity index (χ0n) is 5.96. The molecule has 0 aromatic carbocycles. The number of aromatic nitrogens is 2. The maximum atomic E-state index is 4.26. The van der Waals surface area contributed by atoms with Crippen LogP contribution in [0.3, 0.4) is 0 Å². The molecule has 0 amide bonds. The highest BCUT2D eigenvalue weighted by Crippen LogP contribution is 1.94. The minimum Gasteiger partial charge on any atom is -0.273 e. The van der Waals surface area contributed by atoms with Gasteiger partial charge >= 0.3 is 0 Å². The molecule has 0 N–H and O–H groups in total. The van der Waals surface area contributed by atoms with Crippen molar-refractivity contribution >= 4 is 0 Å². The number of aryl methyl sites for hydroxylation is 2. The van der Waals surface area contributed by atoms with Crippen molar-refractivity contribution in [1.82, 2.24) is 9.78 Å². The second kappa shape index (κ2) is 2.67. The molecule has 0 aliphatic carbocycles. The van der Waals surface area contributed by atoms with E-state index in [1.807, 2.05) is 10.9 Å². The van der Waals surface area contributed by atoms with Gasteiger partial charge in [-0.25, -0.2) is 0 Å². The van der Waals surface area contributed by atoms with Gasteiger partial charge in [-0.05, 0) is 19.4 Å². The summed E-state index contributed by atoms with van der Waals surface area (Å²) in [4.78, 5) is 0. The first-order valence-electron chi connectivity index (χ1n) is 3.39. The van der Waals surface area contributed by atoms with E-state index in [0.717, 1.165) is 13.0 Å². The Morgan fingerprint density at radius 3 is 2.67 bits per heavy atom. The Morgan fingerprint density at radius 2 is 2.33 bits per heavy atom. The van der Waals surface area contributed by atoms with E-state index in [4.69, 9.17) is 0 Å². The smallest absolute Gasteiger partial charge is 0.0621 e. The fourth-order valence-corrected chi connectivity index (χ4v) is 0.768. The van der Waals surface area contributed by atoms with Gasteiger partial charge in [0.1, 0.15) is 0 Å². The summed E-state index contributed by atoms with van der Waals surface area (Å²) in [6, 6.07) is 2.06. The third-order valence-electron chi connectivity index (χ3n) is 1.38. The Labute approximate surface area is 55.5 Å². The zero-order valence-corrected chi connectivity index (χ0v) is 5.96. The molecule has 0 atom stereocenters. The summed E-state index contributed by atoms with van der Waals surface area (Å²) >= 11 is 0. The van der Waals surface area contributed by atoms with Crippen LogP contribution in [0.2, 0.25) is 0 Å². The molecule has 9 heavy (non-hydrogen) atoms. The highest BCUT2D eigenvalue weighted by atomic mass is 15.3. The Hall–Kier alpha value is -0.790. The number of rotatable bonds is 2. The molecule has 0 saturated heterocycles. The lowest BCUT2D eigenvalue weighted by Crippen LogP contribution is -1.94. The van der Waals surface area contributed by atoms with Gasteiger partial charge in [-0.3, -0.25) is 4.68 Å². The average Bonchev–Trinajstić information content (AvgIpc) is 2.34. The molecular weight excluding hydrogens is 112 g/mol. The molecule has 50 valence electrons. The van der Waals surface area contributed by atoms with Crippen LogP contribution in [0.5, 0.6) is 0 Å². The highest BCUT2D eigenvalue weighted by molar-refractivity contribution is 4.97. The minimum atomic E-state index is 0.972.